The van der Waals surface area contributed by atoms with Crippen molar-refractivity contribution in [2.24, 2.45) is 0 Å². The molecule has 0 radical (unpaired) electrons. The van der Waals surface area contributed by atoms with E-state index in [0.717, 1.165) is 11.1 Å². The van der Waals surface area contributed by atoms with Crippen molar-refractivity contribution in [2.75, 3.05) is 17.6 Å². The van der Waals surface area contributed by atoms with Crippen molar-refractivity contribution in [2.45, 2.75) is 25.7 Å². The lowest BCUT2D eigenvalue weighted by Crippen LogP contribution is -2.34. The molecule has 7 heteroatoms. The summed E-state index contributed by atoms with van der Waals surface area (Å²) in [6.07, 6.45) is 0. The van der Waals surface area contributed by atoms with Gasteiger partial charge in [-0.3, -0.25) is 9.59 Å². The second-order valence-corrected chi connectivity index (χ2v) is 8.14. The molecule has 26 heavy (non-hydrogen) atoms. The van der Waals surface area contributed by atoms with E-state index in [2.05, 4.69) is 10.6 Å². The second kappa shape index (κ2) is 8.14. The van der Waals surface area contributed by atoms with Gasteiger partial charge >= 0.3 is 0 Å². The lowest BCUT2D eigenvalue weighted by molar-refractivity contribution is -0.115. The van der Waals surface area contributed by atoms with Crippen molar-refractivity contribution < 1.29 is 18.0 Å². The molecule has 2 rings (SSSR count). The lowest BCUT2D eigenvalue weighted by atomic mass is 10.1. The van der Waals surface area contributed by atoms with Crippen LogP contribution in [0.1, 0.15) is 28.4 Å². The van der Waals surface area contributed by atoms with Crippen LogP contribution in [0.15, 0.2) is 47.4 Å². The molecule has 2 aromatic carbocycles. The van der Waals surface area contributed by atoms with Gasteiger partial charge in [-0.1, -0.05) is 37.3 Å². The first-order valence-electron chi connectivity index (χ1n) is 8.22. The van der Waals surface area contributed by atoms with Crippen molar-refractivity contribution >= 4 is 27.3 Å². The number of carbonyl (C=O) groups is 2. The van der Waals surface area contributed by atoms with Gasteiger partial charge in [-0.15, -0.1) is 0 Å². The fraction of sp³-hybridized carbons (Fsp3) is 0.263. The highest BCUT2D eigenvalue weighted by atomic mass is 32.2. The van der Waals surface area contributed by atoms with Crippen LogP contribution < -0.4 is 10.6 Å². The Labute approximate surface area is 153 Å². The van der Waals surface area contributed by atoms with Crippen molar-refractivity contribution in [3.05, 3.63) is 59.2 Å². The number of carbonyl (C=O) groups excluding carboxylic acids is 2. The number of hydrogen-bond acceptors (Lipinski definition) is 4. The summed E-state index contributed by atoms with van der Waals surface area (Å²) in [7, 11) is -3.53. The van der Waals surface area contributed by atoms with Gasteiger partial charge in [-0.2, -0.15) is 0 Å². The maximum Gasteiger partial charge on any atom is 0.253 e. The van der Waals surface area contributed by atoms with E-state index in [4.69, 9.17) is 0 Å². The maximum atomic E-state index is 12.4. The molecular weight excluding hydrogens is 352 g/mol. The van der Waals surface area contributed by atoms with E-state index in [1.165, 1.54) is 19.1 Å². The zero-order valence-electron chi connectivity index (χ0n) is 15.0. The van der Waals surface area contributed by atoms with Crippen molar-refractivity contribution in [3.8, 4) is 0 Å². The molecule has 0 saturated carbocycles. The van der Waals surface area contributed by atoms with Gasteiger partial charge in [-0.05, 0) is 37.1 Å². The zero-order chi connectivity index (χ0) is 19.3. The van der Waals surface area contributed by atoms with Gasteiger partial charge in [0, 0.05) is 5.69 Å². The van der Waals surface area contributed by atoms with E-state index in [-0.39, 0.29) is 28.7 Å². The number of sulfone groups is 1. The molecule has 0 atom stereocenters. The fourth-order valence-corrected chi connectivity index (χ4v) is 3.62. The quantitative estimate of drug-likeness (QED) is 0.812. The summed E-state index contributed by atoms with van der Waals surface area (Å²) in [5.74, 6) is -1.09. The Morgan fingerprint density at radius 2 is 1.58 bits per heavy atom. The third kappa shape index (κ3) is 4.49. The molecule has 138 valence electrons. The van der Waals surface area contributed by atoms with Crippen LogP contribution in [0.4, 0.5) is 5.69 Å². The Bertz CT molecular complexity index is 916. The molecule has 0 spiro atoms. The highest BCUT2D eigenvalue weighted by Crippen LogP contribution is 2.19. The molecule has 0 heterocycles. The van der Waals surface area contributed by atoms with E-state index in [0.29, 0.717) is 5.69 Å². The summed E-state index contributed by atoms with van der Waals surface area (Å²) in [6.45, 7) is 5.02. The average Bonchev–Trinajstić information content (AvgIpc) is 2.63. The van der Waals surface area contributed by atoms with Gasteiger partial charge in [0.15, 0.2) is 9.84 Å². The molecule has 2 aromatic rings. The summed E-state index contributed by atoms with van der Waals surface area (Å²) in [5.41, 5.74) is 2.59. The van der Waals surface area contributed by atoms with Gasteiger partial charge in [-0.25, -0.2) is 8.42 Å². The number of rotatable bonds is 6. The SMILES string of the molecule is CCS(=O)(=O)c1ccccc1C(=O)NCC(=O)Nc1c(C)cccc1C. The lowest BCUT2D eigenvalue weighted by Gasteiger charge is -2.13. The third-order valence-corrected chi connectivity index (χ3v) is 5.79. The smallest absolute Gasteiger partial charge is 0.253 e. The summed E-state index contributed by atoms with van der Waals surface area (Å²) in [5, 5.41) is 5.25. The van der Waals surface area contributed by atoms with Crippen LogP contribution in [0.5, 0.6) is 0 Å². The maximum absolute atomic E-state index is 12.4. The molecule has 2 N–H and O–H groups in total. The van der Waals surface area contributed by atoms with Crippen LogP contribution in [-0.2, 0) is 14.6 Å². The third-order valence-electron chi connectivity index (χ3n) is 4.00. The van der Waals surface area contributed by atoms with Crippen LogP contribution in [0, 0.1) is 13.8 Å². The van der Waals surface area contributed by atoms with Crippen molar-refractivity contribution in [1.82, 2.24) is 5.32 Å². The first kappa shape index (κ1) is 19.7. The van der Waals surface area contributed by atoms with Crippen LogP contribution in [0.2, 0.25) is 0 Å². The number of anilines is 1. The Kier molecular flexibility index (Phi) is 6.15. The van der Waals surface area contributed by atoms with Crippen molar-refractivity contribution in [1.29, 1.82) is 0 Å². The average molecular weight is 374 g/mol. The number of amides is 2. The predicted octanol–water partition coefficient (Wildman–Crippen LogP) is 2.47. The van der Waals surface area contributed by atoms with Gasteiger partial charge in [0.05, 0.1) is 22.8 Å². The second-order valence-electron chi connectivity index (χ2n) is 5.90. The molecule has 0 aliphatic heterocycles. The normalized spacial score (nSPS) is 11.0. The van der Waals surface area contributed by atoms with E-state index < -0.39 is 15.7 Å². The summed E-state index contributed by atoms with van der Waals surface area (Å²) < 4.78 is 24.2. The highest BCUT2D eigenvalue weighted by molar-refractivity contribution is 7.91. The van der Waals surface area contributed by atoms with Gasteiger partial charge < -0.3 is 10.6 Å². The Morgan fingerprint density at radius 3 is 2.19 bits per heavy atom. The molecule has 0 aromatic heterocycles. The minimum Gasteiger partial charge on any atom is -0.343 e. The minimum atomic E-state index is -3.53. The monoisotopic (exact) mass is 374 g/mol. The fourth-order valence-electron chi connectivity index (χ4n) is 2.53. The first-order valence-corrected chi connectivity index (χ1v) is 9.87. The number of hydrogen-bond donors (Lipinski definition) is 2. The molecule has 0 fully saturated rings. The van der Waals surface area contributed by atoms with E-state index >= 15 is 0 Å². The Balaban J connectivity index is 2.09. The zero-order valence-corrected chi connectivity index (χ0v) is 15.8. The topological polar surface area (TPSA) is 92.3 Å². The molecule has 0 unspecified atom stereocenters. The highest BCUT2D eigenvalue weighted by Gasteiger charge is 2.20. The van der Waals surface area contributed by atoms with E-state index in [9.17, 15) is 18.0 Å². The van der Waals surface area contributed by atoms with E-state index in [1.807, 2.05) is 32.0 Å². The number of nitrogens with one attached hydrogen (secondary N) is 2. The molecule has 0 saturated heterocycles. The van der Waals surface area contributed by atoms with Crippen molar-refractivity contribution in [3.63, 3.8) is 0 Å². The van der Waals surface area contributed by atoms with Crippen LogP contribution in [0.3, 0.4) is 0 Å². The molecule has 2 amide bonds. The first-order chi connectivity index (χ1) is 12.3. The standard InChI is InChI=1S/C19H22N2O4S/c1-4-26(24,25)16-11-6-5-10-15(16)19(23)20-12-17(22)21-18-13(2)8-7-9-14(18)3/h5-11H,4,12H2,1-3H3,(H,20,23)(H,21,22). The number of aryl methyl sites for hydroxylation is 2. The summed E-state index contributed by atoms with van der Waals surface area (Å²) in [6, 6.07) is 11.6. The predicted molar refractivity (Wildman–Crippen MR) is 101 cm³/mol. The van der Waals surface area contributed by atoms with Crippen LogP contribution in [-0.4, -0.2) is 32.5 Å². The largest absolute Gasteiger partial charge is 0.343 e. The van der Waals surface area contributed by atoms with Gasteiger partial charge in [0.2, 0.25) is 5.91 Å². The summed E-state index contributed by atoms with van der Waals surface area (Å²) >= 11 is 0. The molecular formula is C19H22N2O4S. The Morgan fingerprint density at radius 1 is 0.962 bits per heavy atom. The van der Waals surface area contributed by atoms with Gasteiger partial charge in [0.1, 0.15) is 0 Å². The number of benzene rings is 2. The number of para-hydroxylation sites is 1. The Hall–Kier alpha value is -2.67. The minimum absolute atomic E-state index is 0.0323. The molecule has 6 nitrogen and oxygen atoms in total. The molecule has 0 bridgehead atoms. The van der Waals surface area contributed by atoms with Crippen LogP contribution in [0.25, 0.3) is 0 Å². The molecule has 0 aliphatic carbocycles. The van der Waals surface area contributed by atoms with E-state index in [1.54, 1.807) is 12.1 Å². The summed E-state index contributed by atoms with van der Waals surface area (Å²) in [4.78, 5) is 24.5. The van der Waals surface area contributed by atoms with Crippen LogP contribution >= 0.6 is 0 Å². The molecule has 0 aliphatic rings. The van der Waals surface area contributed by atoms with Gasteiger partial charge in [0.25, 0.3) is 5.91 Å².